The molecule has 1 aromatic rings. The Balaban J connectivity index is 0.000000280. The summed E-state index contributed by atoms with van der Waals surface area (Å²) in [6, 6.07) is 4.30. The highest BCUT2D eigenvalue weighted by atomic mass is 19.4. The average Bonchev–Trinajstić information content (AvgIpc) is 2.97. The molecule has 1 aliphatic heterocycles. The Morgan fingerprint density at radius 2 is 1.38 bits per heavy atom. The van der Waals surface area contributed by atoms with Crippen LogP contribution in [0, 0.1) is 5.92 Å². The van der Waals surface area contributed by atoms with E-state index in [2.05, 4.69) is 21.4 Å². The third kappa shape index (κ3) is 9.12. The van der Waals surface area contributed by atoms with E-state index in [9.17, 15) is 31.4 Å². The summed E-state index contributed by atoms with van der Waals surface area (Å²) in [6.07, 6.45) is -5.52. The topological polar surface area (TPSA) is 41.9 Å². The van der Waals surface area contributed by atoms with Gasteiger partial charge in [0.05, 0.1) is 6.10 Å². The van der Waals surface area contributed by atoms with Crippen LogP contribution in [0.25, 0.3) is 0 Å². The van der Waals surface area contributed by atoms with E-state index >= 15 is 0 Å². The van der Waals surface area contributed by atoms with Gasteiger partial charge in [-0.05, 0) is 57.3 Å². The van der Waals surface area contributed by atoms with E-state index in [-0.39, 0.29) is 6.10 Å². The molecular weight excluding hydrogens is 404 g/mol. The van der Waals surface area contributed by atoms with Crippen molar-refractivity contribution in [2.24, 2.45) is 5.92 Å². The standard InChI is InChI=1S/C9H17NO.C8H4F6O2.C2H6/c1-10-5-4-7-2-3-8(11)6-9(7)10;9-7(10,11)15-5-3-1-2-4-6(5)16-8(12,13)14;1-2/h7-9,11H,2-6H2,1H3;1-4H;1-2H3. The van der Waals surface area contributed by atoms with Gasteiger partial charge in [0.2, 0.25) is 0 Å². The Bertz CT molecular complexity index is 573. The first-order valence-electron chi connectivity index (χ1n) is 9.43. The SMILES string of the molecule is CC.CN1CCC2CCC(O)CC21.FC(F)(F)Oc1ccccc1OC(F)(F)F. The molecule has 1 aromatic carbocycles. The molecule has 0 bridgehead atoms. The highest BCUT2D eigenvalue weighted by molar-refractivity contribution is 5.39. The fourth-order valence-corrected chi connectivity index (χ4v) is 3.47. The summed E-state index contributed by atoms with van der Waals surface area (Å²) in [5, 5.41) is 9.45. The van der Waals surface area contributed by atoms with Crippen LogP contribution in [-0.4, -0.2) is 48.5 Å². The Kier molecular flexibility index (Phi) is 9.54. The zero-order valence-corrected chi connectivity index (χ0v) is 16.6. The Labute approximate surface area is 166 Å². The molecule has 0 aromatic heterocycles. The van der Waals surface area contributed by atoms with Crippen LogP contribution >= 0.6 is 0 Å². The average molecular weight is 431 g/mol. The largest absolute Gasteiger partial charge is 0.573 e. The lowest BCUT2D eigenvalue weighted by molar-refractivity contribution is -0.287. The number of likely N-dealkylation sites (tertiary alicyclic amines) is 1. The summed E-state index contributed by atoms with van der Waals surface area (Å²) < 4.78 is 77.5. The molecule has 10 heteroatoms. The molecule has 0 spiro atoms. The number of aliphatic hydroxyl groups excluding tert-OH is 1. The van der Waals surface area contributed by atoms with Crippen molar-refractivity contribution < 1.29 is 40.9 Å². The van der Waals surface area contributed by atoms with Gasteiger partial charge in [0.25, 0.3) is 0 Å². The van der Waals surface area contributed by atoms with Crippen molar-refractivity contribution in [1.29, 1.82) is 0 Å². The minimum absolute atomic E-state index is 0.0169. The van der Waals surface area contributed by atoms with Gasteiger partial charge < -0.3 is 19.5 Å². The zero-order valence-electron chi connectivity index (χ0n) is 16.6. The van der Waals surface area contributed by atoms with Crippen LogP contribution in [0.1, 0.15) is 39.5 Å². The number of aliphatic hydroxyl groups is 1. The number of fused-ring (bicyclic) bond motifs is 1. The number of benzene rings is 1. The first-order valence-corrected chi connectivity index (χ1v) is 9.43. The second kappa shape index (κ2) is 10.9. The molecule has 1 heterocycles. The zero-order chi connectivity index (χ0) is 22.2. The molecule has 1 saturated carbocycles. The van der Waals surface area contributed by atoms with Gasteiger partial charge in [0.15, 0.2) is 11.5 Å². The van der Waals surface area contributed by atoms with Gasteiger partial charge >= 0.3 is 12.7 Å². The van der Waals surface area contributed by atoms with Crippen LogP contribution in [-0.2, 0) is 0 Å². The fraction of sp³-hybridized carbons (Fsp3) is 0.684. The maximum atomic E-state index is 11.8. The van der Waals surface area contributed by atoms with Crippen LogP contribution in [0.4, 0.5) is 26.3 Å². The van der Waals surface area contributed by atoms with Crippen molar-refractivity contribution in [2.45, 2.75) is 64.4 Å². The van der Waals surface area contributed by atoms with Crippen molar-refractivity contribution >= 4 is 0 Å². The van der Waals surface area contributed by atoms with Crippen LogP contribution in [0.15, 0.2) is 24.3 Å². The predicted molar refractivity (Wildman–Crippen MR) is 95.5 cm³/mol. The van der Waals surface area contributed by atoms with Crippen molar-refractivity contribution in [1.82, 2.24) is 4.90 Å². The number of rotatable bonds is 2. The Morgan fingerprint density at radius 1 is 0.897 bits per heavy atom. The first-order chi connectivity index (χ1) is 13.4. The van der Waals surface area contributed by atoms with Gasteiger partial charge in [-0.1, -0.05) is 26.0 Å². The van der Waals surface area contributed by atoms with Crippen molar-refractivity contribution in [2.75, 3.05) is 13.6 Å². The summed E-state index contributed by atoms with van der Waals surface area (Å²) in [6.45, 7) is 5.24. The number of para-hydroxylation sites is 2. The molecule has 168 valence electrons. The van der Waals surface area contributed by atoms with Crippen molar-refractivity contribution in [3.63, 3.8) is 0 Å². The van der Waals surface area contributed by atoms with Crippen LogP contribution < -0.4 is 9.47 Å². The van der Waals surface area contributed by atoms with E-state index in [4.69, 9.17) is 0 Å². The van der Waals surface area contributed by atoms with E-state index in [0.717, 1.165) is 30.9 Å². The monoisotopic (exact) mass is 431 g/mol. The summed E-state index contributed by atoms with van der Waals surface area (Å²) in [4.78, 5) is 2.41. The summed E-state index contributed by atoms with van der Waals surface area (Å²) >= 11 is 0. The smallest absolute Gasteiger partial charge is 0.402 e. The molecule has 0 amide bonds. The second-order valence-electron chi connectivity index (χ2n) is 6.61. The summed E-state index contributed by atoms with van der Waals surface area (Å²) in [7, 11) is 2.18. The molecule has 3 unspecified atom stereocenters. The van der Waals surface area contributed by atoms with Gasteiger partial charge in [0.1, 0.15) is 0 Å². The second-order valence-corrected chi connectivity index (χ2v) is 6.61. The number of ether oxygens (including phenoxy) is 2. The molecule has 1 saturated heterocycles. The maximum absolute atomic E-state index is 11.8. The van der Waals surface area contributed by atoms with Gasteiger partial charge in [-0.25, -0.2) is 0 Å². The highest BCUT2D eigenvalue weighted by Gasteiger charge is 2.37. The normalized spacial score (nSPS) is 24.4. The molecular formula is C19H27F6NO3. The van der Waals surface area contributed by atoms with E-state index < -0.39 is 24.2 Å². The number of alkyl halides is 6. The third-order valence-corrected chi connectivity index (χ3v) is 4.65. The molecule has 1 N–H and O–H groups in total. The van der Waals surface area contributed by atoms with Crippen molar-refractivity contribution in [3.8, 4) is 11.5 Å². The Hall–Kier alpha value is -1.68. The molecule has 3 atom stereocenters. The third-order valence-electron chi connectivity index (χ3n) is 4.65. The number of hydrogen-bond acceptors (Lipinski definition) is 4. The van der Waals surface area contributed by atoms with E-state index in [0.29, 0.717) is 18.2 Å². The maximum Gasteiger partial charge on any atom is 0.573 e. The minimum Gasteiger partial charge on any atom is -0.402 e. The van der Waals surface area contributed by atoms with Gasteiger partial charge in [-0.2, -0.15) is 0 Å². The van der Waals surface area contributed by atoms with Crippen LogP contribution in [0.3, 0.4) is 0 Å². The molecule has 2 aliphatic rings. The van der Waals surface area contributed by atoms with Crippen molar-refractivity contribution in [3.05, 3.63) is 24.3 Å². The van der Waals surface area contributed by atoms with Gasteiger partial charge in [-0.15, -0.1) is 26.3 Å². The molecule has 0 radical (unpaired) electrons. The fourth-order valence-electron chi connectivity index (χ4n) is 3.47. The van der Waals surface area contributed by atoms with Gasteiger partial charge in [0, 0.05) is 6.04 Å². The van der Waals surface area contributed by atoms with Crippen LogP contribution in [0.2, 0.25) is 0 Å². The Morgan fingerprint density at radius 3 is 1.83 bits per heavy atom. The predicted octanol–water partition coefficient (Wildman–Crippen LogP) is 5.36. The molecule has 4 nitrogen and oxygen atoms in total. The molecule has 1 aliphatic carbocycles. The lowest BCUT2D eigenvalue weighted by Crippen LogP contribution is -2.36. The van der Waals surface area contributed by atoms with Crippen LogP contribution in [0.5, 0.6) is 11.5 Å². The summed E-state index contributed by atoms with van der Waals surface area (Å²) in [5.41, 5.74) is 0. The molecule has 3 rings (SSSR count). The number of nitrogens with zero attached hydrogens (tertiary/aromatic N) is 1. The quantitative estimate of drug-likeness (QED) is 0.640. The highest BCUT2D eigenvalue weighted by Crippen LogP contribution is 2.36. The summed E-state index contributed by atoms with van der Waals surface area (Å²) in [5.74, 6) is -1.21. The first kappa shape index (κ1) is 25.4. The lowest BCUT2D eigenvalue weighted by atomic mass is 9.84. The molecule has 2 fully saturated rings. The lowest BCUT2D eigenvalue weighted by Gasteiger charge is -2.32. The van der Waals surface area contributed by atoms with Gasteiger partial charge in [-0.3, -0.25) is 0 Å². The van der Waals surface area contributed by atoms with E-state index in [1.54, 1.807) is 0 Å². The van der Waals surface area contributed by atoms with E-state index in [1.165, 1.54) is 19.4 Å². The minimum atomic E-state index is -5.08. The van der Waals surface area contributed by atoms with E-state index in [1.807, 2.05) is 13.8 Å². The molecule has 29 heavy (non-hydrogen) atoms. The number of hydrogen-bond donors (Lipinski definition) is 1. The number of halogens is 6.